The van der Waals surface area contributed by atoms with E-state index < -0.39 is 10.8 Å². The molecular formula is C17H12N6O3S. The first-order valence-electron chi connectivity index (χ1n) is 7.85. The first-order valence-corrected chi connectivity index (χ1v) is 8.67. The number of nitrogens with zero attached hydrogens (tertiary/aromatic N) is 5. The lowest BCUT2D eigenvalue weighted by atomic mass is 10.1. The lowest BCUT2D eigenvalue weighted by Crippen LogP contribution is -2.14. The summed E-state index contributed by atoms with van der Waals surface area (Å²) < 4.78 is 1.60. The molecule has 2 heterocycles. The van der Waals surface area contributed by atoms with Crippen molar-refractivity contribution in [1.29, 1.82) is 0 Å². The molecule has 0 aliphatic rings. The number of nitro groups is 1. The summed E-state index contributed by atoms with van der Waals surface area (Å²) in [6.45, 7) is 1.56. The van der Waals surface area contributed by atoms with Gasteiger partial charge in [-0.3, -0.25) is 14.9 Å². The van der Waals surface area contributed by atoms with Gasteiger partial charge in [0, 0.05) is 28.4 Å². The van der Waals surface area contributed by atoms with E-state index in [4.69, 9.17) is 0 Å². The maximum absolute atomic E-state index is 12.5. The number of amides is 1. The topological polar surface area (TPSA) is 115 Å². The molecule has 0 atom stereocenters. The molecule has 1 N–H and O–H groups in total. The monoisotopic (exact) mass is 380 g/mol. The number of nitrogens with one attached hydrogen (secondary N) is 1. The van der Waals surface area contributed by atoms with Crippen molar-refractivity contribution < 1.29 is 9.72 Å². The number of hydrogen-bond donors (Lipinski definition) is 1. The van der Waals surface area contributed by atoms with Gasteiger partial charge in [-0.2, -0.15) is 9.61 Å². The third-order valence-corrected chi connectivity index (χ3v) is 4.99. The van der Waals surface area contributed by atoms with Crippen molar-refractivity contribution >= 4 is 33.6 Å². The van der Waals surface area contributed by atoms with E-state index in [1.165, 1.54) is 29.8 Å². The summed E-state index contributed by atoms with van der Waals surface area (Å²) >= 11 is 1.41. The van der Waals surface area contributed by atoms with Crippen LogP contribution in [0.25, 0.3) is 15.5 Å². The molecule has 10 heteroatoms. The van der Waals surface area contributed by atoms with E-state index in [1.54, 1.807) is 29.6 Å². The minimum atomic E-state index is -0.499. The molecular weight excluding hydrogens is 368 g/mol. The van der Waals surface area contributed by atoms with Crippen LogP contribution in [-0.4, -0.2) is 30.6 Å². The minimum Gasteiger partial charge on any atom is -0.322 e. The Morgan fingerprint density at radius 3 is 2.70 bits per heavy atom. The van der Waals surface area contributed by atoms with E-state index in [-0.39, 0.29) is 11.3 Å². The third-order valence-electron chi connectivity index (χ3n) is 4.02. The summed E-state index contributed by atoms with van der Waals surface area (Å²) in [7, 11) is 0. The first-order chi connectivity index (χ1) is 13.0. The van der Waals surface area contributed by atoms with Gasteiger partial charge in [0.2, 0.25) is 4.96 Å². The number of nitro benzene ring substituents is 1. The van der Waals surface area contributed by atoms with Gasteiger partial charge in [-0.25, -0.2) is 0 Å². The molecule has 0 saturated carbocycles. The Balaban J connectivity index is 1.55. The SMILES string of the molecule is Cc1c(C(=O)Nc2ccc(-c3nn4cnnc4s3)cc2)cccc1[N+](=O)[O-]. The molecule has 0 fully saturated rings. The van der Waals surface area contributed by atoms with Gasteiger partial charge >= 0.3 is 0 Å². The highest BCUT2D eigenvalue weighted by atomic mass is 32.1. The van der Waals surface area contributed by atoms with E-state index in [1.807, 2.05) is 12.1 Å². The fourth-order valence-corrected chi connectivity index (χ4v) is 3.46. The molecule has 9 nitrogen and oxygen atoms in total. The predicted molar refractivity (Wildman–Crippen MR) is 99.9 cm³/mol. The van der Waals surface area contributed by atoms with Crippen LogP contribution in [-0.2, 0) is 0 Å². The molecule has 4 rings (SSSR count). The molecule has 0 aliphatic carbocycles. The predicted octanol–water partition coefficient (Wildman–Crippen LogP) is 3.32. The Bertz CT molecular complexity index is 1140. The Labute approximate surface area is 156 Å². The van der Waals surface area contributed by atoms with Crippen LogP contribution < -0.4 is 5.32 Å². The highest BCUT2D eigenvalue weighted by Crippen LogP contribution is 2.26. The zero-order chi connectivity index (χ0) is 19.0. The number of anilines is 1. The van der Waals surface area contributed by atoms with E-state index in [9.17, 15) is 14.9 Å². The van der Waals surface area contributed by atoms with Gasteiger partial charge in [0.1, 0.15) is 11.3 Å². The van der Waals surface area contributed by atoms with E-state index in [2.05, 4.69) is 20.6 Å². The normalized spacial score (nSPS) is 10.9. The Morgan fingerprint density at radius 1 is 1.22 bits per heavy atom. The number of fused-ring (bicyclic) bond motifs is 1. The molecule has 2 aromatic carbocycles. The fourth-order valence-electron chi connectivity index (χ4n) is 2.64. The number of carbonyl (C=O) groups is 1. The summed E-state index contributed by atoms with van der Waals surface area (Å²) in [6.07, 6.45) is 1.53. The van der Waals surface area contributed by atoms with Gasteiger partial charge in [-0.15, -0.1) is 10.2 Å². The van der Waals surface area contributed by atoms with Crippen LogP contribution >= 0.6 is 11.3 Å². The Hall–Kier alpha value is -3.66. The Kier molecular flexibility index (Phi) is 4.09. The van der Waals surface area contributed by atoms with Crippen molar-refractivity contribution in [3.63, 3.8) is 0 Å². The number of carbonyl (C=O) groups excluding carboxylic acids is 1. The van der Waals surface area contributed by atoms with Crippen molar-refractivity contribution in [3.8, 4) is 10.6 Å². The van der Waals surface area contributed by atoms with Crippen LogP contribution in [0.2, 0.25) is 0 Å². The summed E-state index contributed by atoms with van der Waals surface area (Å²) in [5, 5.41) is 26.7. The molecule has 0 radical (unpaired) electrons. The van der Waals surface area contributed by atoms with Gasteiger partial charge in [0.05, 0.1) is 4.92 Å². The number of rotatable bonds is 4. The largest absolute Gasteiger partial charge is 0.322 e. The summed E-state index contributed by atoms with van der Waals surface area (Å²) in [5.41, 5.74) is 1.98. The van der Waals surface area contributed by atoms with Gasteiger partial charge < -0.3 is 5.32 Å². The Morgan fingerprint density at radius 2 is 2.00 bits per heavy atom. The lowest BCUT2D eigenvalue weighted by Gasteiger charge is -2.08. The van der Waals surface area contributed by atoms with Crippen LogP contribution in [0.5, 0.6) is 0 Å². The smallest absolute Gasteiger partial charge is 0.273 e. The standard InChI is InChI=1S/C17H12N6O3S/c1-10-13(3-2-4-14(10)23(25)26)15(24)19-12-7-5-11(6-8-12)16-21-22-9-18-20-17(22)27-16/h2-9H,1H3,(H,19,24). The van der Waals surface area contributed by atoms with Crippen LogP contribution in [0.4, 0.5) is 11.4 Å². The van der Waals surface area contributed by atoms with Gasteiger partial charge in [0.25, 0.3) is 11.6 Å². The molecule has 4 aromatic rings. The number of benzene rings is 2. The quantitative estimate of drug-likeness (QED) is 0.429. The number of aromatic nitrogens is 4. The first kappa shape index (κ1) is 16.8. The number of hydrogen-bond acceptors (Lipinski definition) is 7. The lowest BCUT2D eigenvalue weighted by molar-refractivity contribution is -0.385. The minimum absolute atomic E-state index is 0.0822. The second-order valence-corrected chi connectivity index (χ2v) is 6.66. The summed E-state index contributed by atoms with van der Waals surface area (Å²) in [6, 6.07) is 11.6. The van der Waals surface area contributed by atoms with Crippen molar-refractivity contribution in [3.05, 3.63) is 70.0 Å². The molecule has 0 unspecified atom stereocenters. The second-order valence-electron chi connectivity index (χ2n) is 5.70. The molecule has 27 heavy (non-hydrogen) atoms. The summed E-state index contributed by atoms with van der Waals surface area (Å²) in [4.78, 5) is 23.7. The van der Waals surface area contributed by atoms with Crippen molar-refractivity contribution in [2.75, 3.05) is 5.32 Å². The fraction of sp³-hybridized carbons (Fsp3) is 0.0588. The van der Waals surface area contributed by atoms with E-state index in [0.29, 0.717) is 16.2 Å². The zero-order valence-corrected chi connectivity index (χ0v) is 14.8. The average molecular weight is 380 g/mol. The molecule has 0 bridgehead atoms. The maximum Gasteiger partial charge on any atom is 0.273 e. The highest BCUT2D eigenvalue weighted by Gasteiger charge is 2.18. The van der Waals surface area contributed by atoms with Crippen molar-refractivity contribution in [1.82, 2.24) is 19.8 Å². The van der Waals surface area contributed by atoms with E-state index >= 15 is 0 Å². The van der Waals surface area contributed by atoms with Gasteiger partial charge in [0.15, 0.2) is 0 Å². The molecule has 134 valence electrons. The van der Waals surface area contributed by atoms with Crippen LogP contribution in [0.3, 0.4) is 0 Å². The molecule has 0 aliphatic heterocycles. The second kappa shape index (κ2) is 6.57. The van der Waals surface area contributed by atoms with Crippen molar-refractivity contribution in [2.45, 2.75) is 6.92 Å². The van der Waals surface area contributed by atoms with Crippen LogP contribution in [0, 0.1) is 17.0 Å². The maximum atomic E-state index is 12.5. The van der Waals surface area contributed by atoms with Gasteiger partial charge in [-0.05, 0) is 37.3 Å². The summed E-state index contributed by atoms with van der Waals surface area (Å²) in [5.74, 6) is -0.400. The van der Waals surface area contributed by atoms with Crippen molar-refractivity contribution in [2.24, 2.45) is 0 Å². The highest BCUT2D eigenvalue weighted by molar-refractivity contribution is 7.19. The average Bonchev–Trinajstić information content (AvgIpc) is 3.24. The van der Waals surface area contributed by atoms with Crippen LogP contribution in [0.15, 0.2) is 48.8 Å². The molecule has 1 amide bonds. The van der Waals surface area contributed by atoms with Crippen LogP contribution in [0.1, 0.15) is 15.9 Å². The molecule has 2 aromatic heterocycles. The molecule has 0 spiro atoms. The van der Waals surface area contributed by atoms with E-state index in [0.717, 1.165) is 10.6 Å². The van der Waals surface area contributed by atoms with Gasteiger partial charge in [-0.1, -0.05) is 17.4 Å². The molecule has 0 saturated heterocycles. The third kappa shape index (κ3) is 3.13. The zero-order valence-electron chi connectivity index (χ0n) is 14.0.